The van der Waals surface area contributed by atoms with Crippen molar-refractivity contribution in [3.05, 3.63) is 75.6 Å². The molecule has 2 aromatic rings. The molecule has 2 rings (SSSR count). The van der Waals surface area contributed by atoms with Crippen LogP contribution in [0.25, 0.3) is 0 Å². The predicted octanol–water partition coefficient (Wildman–Crippen LogP) is 4.30. The molecule has 0 aromatic heterocycles. The highest BCUT2D eigenvalue weighted by molar-refractivity contribution is 7.99. The molecule has 0 aliphatic heterocycles. The number of carbonyl (C=O) groups is 2. The van der Waals surface area contributed by atoms with E-state index in [-0.39, 0.29) is 35.6 Å². The second-order valence-electron chi connectivity index (χ2n) is 8.48. The van der Waals surface area contributed by atoms with E-state index >= 15 is 0 Å². The first-order chi connectivity index (χ1) is 15.0. The first-order valence-corrected chi connectivity index (χ1v) is 11.3. The molecular formula is C23H28FN3O4S. The molecule has 32 heavy (non-hydrogen) atoms. The smallest absolute Gasteiger partial charge is 0.269 e. The molecule has 2 aromatic carbocycles. The summed E-state index contributed by atoms with van der Waals surface area (Å²) < 4.78 is 13.3. The average molecular weight is 462 g/mol. The fraction of sp³-hybridized carbons (Fsp3) is 0.391. The summed E-state index contributed by atoms with van der Waals surface area (Å²) in [4.78, 5) is 37.5. The Kier molecular flexibility index (Phi) is 8.77. The largest absolute Gasteiger partial charge is 0.350 e. The Morgan fingerprint density at radius 1 is 1.09 bits per heavy atom. The molecule has 0 aliphatic rings. The molecule has 1 atom stereocenters. The van der Waals surface area contributed by atoms with E-state index in [1.807, 2.05) is 20.8 Å². The van der Waals surface area contributed by atoms with E-state index in [0.29, 0.717) is 5.75 Å². The van der Waals surface area contributed by atoms with Crippen molar-refractivity contribution >= 4 is 29.3 Å². The first-order valence-electron chi connectivity index (χ1n) is 10.1. The highest BCUT2D eigenvalue weighted by Crippen LogP contribution is 2.19. The second kappa shape index (κ2) is 11.1. The lowest BCUT2D eigenvalue weighted by Gasteiger charge is -2.31. The second-order valence-corrected chi connectivity index (χ2v) is 9.47. The van der Waals surface area contributed by atoms with Gasteiger partial charge in [0.2, 0.25) is 11.8 Å². The number of amides is 2. The minimum Gasteiger partial charge on any atom is -0.350 e. The zero-order valence-corrected chi connectivity index (χ0v) is 19.4. The summed E-state index contributed by atoms with van der Waals surface area (Å²) in [6, 6.07) is 11.3. The van der Waals surface area contributed by atoms with Gasteiger partial charge in [0.05, 0.1) is 10.7 Å². The molecule has 0 spiro atoms. The third-order valence-corrected chi connectivity index (χ3v) is 5.56. The minimum atomic E-state index is -0.716. The zero-order valence-electron chi connectivity index (χ0n) is 18.6. The van der Waals surface area contributed by atoms with E-state index in [9.17, 15) is 24.1 Å². The third-order valence-electron chi connectivity index (χ3n) is 4.57. The Bertz CT molecular complexity index is 943. The topological polar surface area (TPSA) is 92.6 Å². The Labute approximate surface area is 191 Å². The number of carbonyl (C=O) groups excluding carboxylic acids is 2. The molecule has 0 bridgehead atoms. The summed E-state index contributed by atoms with van der Waals surface area (Å²) in [5.74, 6) is -0.239. The molecule has 172 valence electrons. The van der Waals surface area contributed by atoms with E-state index in [1.54, 1.807) is 31.2 Å². The molecule has 0 aliphatic carbocycles. The van der Waals surface area contributed by atoms with Crippen molar-refractivity contribution in [2.24, 2.45) is 0 Å². The van der Waals surface area contributed by atoms with Gasteiger partial charge in [0, 0.05) is 30.0 Å². The SMILES string of the molecule is C[C@@H](C(=O)NC(C)(C)C)N(Cc1ccc(F)cc1)C(=O)CSCc1ccc([N+](=O)[O-])cc1. The van der Waals surface area contributed by atoms with Gasteiger partial charge in [-0.15, -0.1) is 11.8 Å². The zero-order chi connectivity index (χ0) is 23.9. The number of nitrogens with one attached hydrogen (secondary N) is 1. The van der Waals surface area contributed by atoms with Crippen molar-refractivity contribution in [2.75, 3.05) is 5.75 Å². The molecule has 0 radical (unpaired) electrons. The van der Waals surface area contributed by atoms with Crippen molar-refractivity contribution in [3.63, 3.8) is 0 Å². The number of rotatable bonds is 9. The minimum absolute atomic E-state index is 0.0129. The van der Waals surface area contributed by atoms with E-state index in [0.717, 1.165) is 11.1 Å². The van der Waals surface area contributed by atoms with Crippen LogP contribution in [0.3, 0.4) is 0 Å². The summed E-state index contributed by atoms with van der Waals surface area (Å²) in [5.41, 5.74) is 1.15. The van der Waals surface area contributed by atoms with Crippen molar-refractivity contribution in [3.8, 4) is 0 Å². The number of non-ortho nitro benzene ring substituents is 1. The van der Waals surface area contributed by atoms with E-state index < -0.39 is 16.5 Å². The fourth-order valence-corrected chi connectivity index (χ4v) is 3.77. The van der Waals surface area contributed by atoms with Crippen LogP contribution in [0.4, 0.5) is 10.1 Å². The number of nitro groups is 1. The number of hydrogen-bond acceptors (Lipinski definition) is 5. The number of halogens is 1. The lowest BCUT2D eigenvalue weighted by Crippen LogP contribution is -2.52. The summed E-state index contributed by atoms with van der Waals surface area (Å²) in [6.07, 6.45) is 0. The van der Waals surface area contributed by atoms with Crippen LogP contribution in [-0.4, -0.2) is 39.0 Å². The van der Waals surface area contributed by atoms with Crippen LogP contribution < -0.4 is 5.32 Å². The standard InChI is InChI=1S/C23H28FN3O4S/c1-16(22(29)25-23(2,3)4)26(13-17-5-9-19(24)10-6-17)21(28)15-32-14-18-7-11-20(12-8-18)27(30)31/h5-12,16H,13-15H2,1-4H3,(H,25,29)/t16-/m0/s1. The molecule has 0 saturated heterocycles. The van der Waals surface area contributed by atoms with Gasteiger partial charge in [-0.1, -0.05) is 24.3 Å². The van der Waals surface area contributed by atoms with Crippen LogP contribution in [0.5, 0.6) is 0 Å². The monoisotopic (exact) mass is 461 g/mol. The highest BCUT2D eigenvalue weighted by Gasteiger charge is 2.28. The van der Waals surface area contributed by atoms with Crippen LogP contribution in [0, 0.1) is 15.9 Å². The van der Waals surface area contributed by atoms with Gasteiger partial charge < -0.3 is 10.2 Å². The molecule has 7 nitrogen and oxygen atoms in total. The van der Waals surface area contributed by atoms with Crippen LogP contribution in [-0.2, 0) is 21.9 Å². The van der Waals surface area contributed by atoms with Gasteiger partial charge in [0.25, 0.3) is 5.69 Å². The highest BCUT2D eigenvalue weighted by atomic mass is 32.2. The maximum Gasteiger partial charge on any atom is 0.269 e. The number of hydrogen-bond donors (Lipinski definition) is 1. The lowest BCUT2D eigenvalue weighted by atomic mass is 10.1. The van der Waals surface area contributed by atoms with Gasteiger partial charge in [-0.05, 0) is 51.0 Å². The van der Waals surface area contributed by atoms with Crippen molar-refractivity contribution in [1.29, 1.82) is 0 Å². The lowest BCUT2D eigenvalue weighted by molar-refractivity contribution is -0.384. The average Bonchev–Trinajstić information content (AvgIpc) is 2.72. The molecule has 0 unspecified atom stereocenters. The Balaban J connectivity index is 2.07. The van der Waals surface area contributed by atoms with Gasteiger partial charge in [-0.3, -0.25) is 19.7 Å². The summed E-state index contributed by atoms with van der Waals surface area (Å²) >= 11 is 1.36. The van der Waals surface area contributed by atoms with E-state index in [4.69, 9.17) is 0 Å². The molecule has 9 heteroatoms. The third kappa shape index (κ3) is 7.96. The van der Waals surface area contributed by atoms with E-state index in [2.05, 4.69) is 5.32 Å². The predicted molar refractivity (Wildman–Crippen MR) is 124 cm³/mol. The van der Waals surface area contributed by atoms with Crippen molar-refractivity contribution in [1.82, 2.24) is 10.2 Å². The molecule has 0 fully saturated rings. The Hall–Kier alpha value is -2.94. The van der Waals surface area contributed by atoms with Crippen LogP contribution in [0.1, 0.15) is 38.8 Å². The molecule has 2 amide bonds. The Morgan fingerprint density at radius 2 is 1.66 bits per heavy atom. The van der Waals surface area contributed by atoms with Crippen LogP contribution >= 0.6 is 11.8 Å². The quantitative estimate of drug-likeness (QED) is 0.444. The summed E-state index contributed by atoms with van der Waals surface area (Å²) in [6.45, 7) is 7.44. The van der Waals surface area contributed by atoms with Gasteiger partial charge in [0.15, 0.2) is 0 Å². The van der Waals surface area contributed by atoms with Crippen molar-refractivity contribution in [2.45, 2.75) is 51.6 Å². The van der Waals surface area contributed by atoms with Gasteiger partial charge in [-0.2, -0.15) is 0 Å². The first kappa shape index (κ1) is 25.3. The summed E-state index contributed by atoms with van der Waals surface area (Å²) in [7, 11) is 0. The fourth-order valence-electron chi connectivity index (χ4n) is 2.90. The number of nitro benzene ring substituents is 1. The van der Waals surface area contributed by atoms with E-state index in [1.165, 1.54) is 40.9 Å². The Morgan fingerprint density at radius 3 is 2.19 bits per heavy atom. The number of thioether (sulfide) groups is 1. The van der Waals surface area contributed by atoms with Crippen LogP contribution in [0.2, 0.25) is 0 Å². The molecular weight excluding hydrogens is 433 g/mol. The maximum atomic E-state index is 13.3. The van der Waals surface area contributed by atoms with Gasteiger partial charge in [-0.25, -0.2) is 4.39 Å². The normalized spacial score (nSPS) is 12.2. The molecule has 1 N–H and O–H groups in total. The number of nitrogens with zero attached hydrogens (tertiary/aromatic N) is 2. The van der Waals surface area contributed by atoms with Gasteiger partial charge >= 0.3 is 0 Å². The maximum absolute atomic E-state index is 13.3. The molecule has 0 saturated carbocycles. The summed E-state index contributed by atoms with van der Waals surface area (Å²) in [5, 5.41) is 13.7. The molecule has 0 heterocycles. The number of benzene rings is 2. The van der Waals surface area contributed by atoms with Crippen molar-refractivity contribution < 1.29 is 18.9 Å². The van der Waals surface area contributed by atoms with Gasteiger partial charge in [0.1, 0.15) is 11.9 Å². The van der Waals surface area contributed by atoms with Crippen LogP contribution in [0.15, 0.2) is 48.5 Å².